The second-order valence-electron chi connectivity index (χ2n) is 4.88. The molecule has 104 valence electrons. The van der Waals surface area contributed by atoms with E-state index in [-0.39, 0.29) is 12.2 Å². The number of nitrogen functional groups attached to an aromatic ring is 1. The first-order valence-electron chi connectivity index (χ1n) is 6.49. The Morgan fingerprint density at radius 2 is 2.05 bits per heavy atom. The van der Waals surface area contributed by atoms with Gasteiger partial charge < -0.3 is 20.9 Å². The fourth-order valence-corrected chi connectivity index (χ4v) is 2.44. The van der Waals surface area contributed by atoms with Crippen LogP contribution >= 0.6 is 0 Å². The average molecular weight is 264 g/mol. The van der Waals surface area contributed by atoms with Crippen LogP contribution in [-0.2, 0) is 4.74 Å². The number of nitrogens with two attached hydrogens (primary N) is 2. The van der Waals surface area contributed by atoms with Crippen LogP contribution in [0.15, 0.2) is 18.2 Å². The highest BCUT2D eigenvalue weighted by Gasteiger charge is 2.23. The summed E-state index contributed by atoms with van der Waals surface area (Å²) in [6, 6.07) is 5.01. The van der Waals surface area contributed by atoms with Crippen molar-refractivity contribution < 1.29 is 14.3 Å². The molecule has 1 saturated carbocycles. The van der Waals surface area contributed by atoms with E-state index in [1.54, 1.807) is 25.3 Å². The SMILES string of the molecule is COC1CCCC(Oc2ccc(N)c(C(N)=O)c2)C1. The smallest absolute Gasteiger partial charge is 0.250 e. The van der Waals surface area contributed by atoms with Gasteiger partial charge in [-0.1, -0.05) is 0 Å². The van der Waals surface area contributed by atoms with E-state index < -0.39 is 5.91 Å². The van der Waals surface area contributed by atoms with Gasteiger partial charge in [0.2, 0.25) is 0 Å². The van der Waals surface area contributed by atoms with Crippen LogP contribution in [0, 0.1) is 0 Å². The third-order valence-corrected chi connectivity index (χ3v) is 3.50. The maximum absolute atomic E-state index is 11.2. The van der Waals surface area contributed by atoms with Gasteiger partial charge in [0.15, 0.2) is 0 Å². The number of carbonyl (C=O) groups is 1. The lowest BCUT2D eigenvalue weighted by atomic mass is 9.95. The van der Waals surface area contributed by atoms with Crippen LogP contribution in [0.2, 0.25) is 0 Å². The molecule has 2 atom stereocenters. The summed E-state index contributed by atoms with van der Waals surface area (Å²) >= 11 is 0. The van der Waals surface area contributed by atoms with Gasteiger partial charge in [-0.05, 0) is 37.5 Å². The van der Waals surface area contributed by atoms with Gasteiger partial charge in [-0.15, -0.1) is 0 Å². The Labute approximate surface area is 112 Å². The van der Waals surface area contributed by atoms with Crippen LogP contribution in [0.4, 0.5) is 5.69 Å². The Morgan fingerprint density at radius 1 is 1.32 bits per heavy atom. The summed E-state index contributed by atoms with van der Waals surface area (Å²) in [5, 5.41) is 0. The van der Waals surface area contributed by atoms with Gasteiger partial charge >= 0.3 is 0 Å². The quantitative estimate of drug-likeness (QED) is 0.810. The van der Waals surface area contributed by atoms with Crippen LogP contribution < -0.4 is 16.2 Å². The van der Waals surface area contributed by atoms with Crippen LogP contribution in [0.1, 0.15) is 36.0 Å². The third kappa shape index (κ3) is 3.38. The predicted molar refractivity (Wildman–Crippen MR) is 73.1 cm³/mol. The number of hydrogen-bond donors (Lipinski definition) is 2. The number of carbonyl (C=O) groups excluding carboxylic acids is 1. The summed E-state index contributed by atoms with van der Waals surface area (Å²) in [6.07, 6.45) is 4.39. The van der Waals surface area contributed by atoms with Crippen LogP contribution in [0.3, 0.4) is 0 Å². The van der Waals surface area contributed by atoms with Crippen LogP contribution in [0.25, 0.3) is 0 Å². The highest BCUT2D eigenvalue weighted by molar-refractivity contribution is 5.98. The predicted octanol–water partition coefficient (Wildman–Crippen LogP) is 1.70. The normalized spacial score (nSPS) is 23.0. The molecule has 1 aliphatic carbocycles. The Kier molecular flexibility index (Phi) is 4.27. The number of anilines is 1. The molecule has 1 amide bonds. The Balaban J connectivity index is 2.06. The molecule has 1 fully saturated rings. The molecule has 0 heterocycles. The molecule has 19 heavy (non-hydrogen) atoms. The molecule has 0 radical (unpaired) electrons. The first kappa shape index (κ1) is 13.7. The average Bonchev–Trinajstić information content (AvgIpc) is 2.41. The molecule has 5 nitrogen and oxygen atoms in total. The number of hydrogen-bond acceptors (Lipinski definition) is 4. The van der Waals surface area contributed by atoms with Crippen molar-refractivity contribution in [2.75, 3.05) is 12.8 Å². The minimum Gasteiger partial charge on any atom is -0.490 e. The number of primary amides is 1. The van der Waals surface area contributed by atoms with E-state index >= 15 is 0 Å². The van der Waals surface area contributed by atoms with Crippen molar-refractivity contribution in [3.05, 3.63) is 23.8 Å². The van der Waals surface area contributed by atoms with Gasteiger partial charge in [0, 0.05) is 19.2 Å². The lowest BCUT2D eigenvalue weighted by Gasteiger charge is -2.28. The largest absolute Gasteiger partial charge is 0.490 e. The van der Waals surface area contributed by atoms with Crippen LogP contribution in [-0.4, -0.2) is 25.2 Å². The van der Waals surface area contributed by atoms with Gasteiger partial charge in [-0.2, -0.15) is 0 Å². The molecule has 2 unspecified atom stereocenters. The molecule has 0 spiro atoms. The fourth-order valence-electron chi connectivity index (χ4n) is 2.44. The maximum atomic E-state index is 11.2. The number of methoxy groups -OCH3 is 1. The molecule has 1 aromatic rings. The number of amides is 1. The summed E-state index contributed by atoms with van der Waals surface area (Å²) in [6.45, 7) is 0. The summed E-state index contributed by atoms with van der Waals surface area (Å²) in [4.78, 5) is 11.2. The zero-order valence-corrected chi connectivity index (χ0v) is 11.1. The van der Waals surface area contributed by atoms with E-state index in [1.807, 2.05) is 0 Å². The van der Waals surface area contributed by atoms with Crippen molar-refractivity contribution >= 4 is 11.6 Å². The zero-order valence-electron chi connectivity index (χ0n) is 11.1. The molecule has 1 aromatic carbocycles. The van der Waals surface area contributed by atoms with Gasteiger partial charge in [0.1, 0.15) is 11.9 Å². The minimum absolute atomic E-state index is 0.114. The fraction of sp³-hybridized carbons (Fsp3) is 0.500. The maximum Gasteiger partial charge on any atom is 0.250 e. The summed E-state index contributed by atoms with van der Waals surface area (Å²) in [5.41, 5.74) is 11.6. The highest BCUT2D eigenvalue weighted by atomic mass is 16.5. The minimum atomic E-state index is -0.540. The van der Waals surface area contributed by atoms with E-state index in [0.29, 0.717) is 17.0 Å². The summed E-state index contributed by atoms with van der Waals surface area (Å²) in [7, 11) is 1.72. The molecule has 0 aromatic heterocycles. The van der Waals surface area contributed by atoms with Crippen molar-refractivity contribution in [3.8, 4) is 5.75 Å². The Morgan fingerprint density at radius 3 is 2.74 bits per heavy atom. The van der Waals surface area contributed by atoms with E-state index in [1.165, 1.54) is 0 Å². The molecular formula is C14H20N2O3. The molecule has 1 aliphatic rings. The number of rotatable bonds is 4. The van der Waals surface area contributed by atoms with Gasteiger partial charge in [0.05, 0.1) is 11.7 Å². The van der Waals surface area contributed by atoms with Crippen molar-refractivity contribution in [1.82, 2.24) is 0 Å². The van der Waals surface area contributed by atoms with E-state index in [0.717, 1.165) is 25.7 Å². The highest BCUT2D eigenvalue weighted by Crippen LogP contribution is 2.27. The summed E-state index contributed by atoms with van der Waals surface area (Å²) in [5.74, 6) is 0.0890. The van der Waals surface area contributed by atoms with Gasteiger partial charge in [-0.3, -0.25) is 4.79 Å². The second kappa shape index (κ2) is 5.93. The van der Waals surface area contributed by atoms with Crippen molar-refractivity contribution in [2.45, 2.75) is 37.9 Å². The third-order valence-electron chi connectivity index (χ3n) is 3.50. The van der Waals surface area contributed by atoms with Crippen LogP contribution in [0.5, 0.6) is 5.75 Å². The molecule has 2 rings (SSSR count). The molecule has 0 saturated heterocycles. The summed E-state index contributed by atoms with van der Waals surface area (Å²) < 4.78 is 11.3. The molecule has 5 heteroatoms. The van der Waals surface area contributed by atoms with E-state index in [2.05, 4.69) is 0 Å². The Hall–Kier alpha value is -1.75. The van der Waals surface area contributed by atoms with Crippen molar-refractivity contribution in [1.29, 1.82) is 0 Å². The molecule has 4 N–H and O–H groups in total. The second-order valence-corrected chi connectivity index (χ2v) is 4.88. The topological polar surface area (TPSA) is 87.6 Å². The monoisotopic (exact) mass is 264 g/mol. The Bertz CT molecular complexity index is 462. The van der Waals surface area contributed by atoms with Crippen molar-refractivity contribution in [2.24, 2.45) is 5.73 Å². The first-order valence-corrected chi connectivity index (χ1v) is 6.49. The number of benzene rings is 1. The molecular weight excluding hydrogens is 244 g/mol. The first-order chi connectivity index (χ1) is 9.10. The van der Waals surface area contributed by atoms with E-state index in [9.17, 15) is 4.79 Å². The standard InChI is InChI=1S/C14H20N2O3/c1-18-9-3-2-4-10(7-9)19-11-5-6-13(15)12(8-11)14(16)17/h5-6,8-10H,2-4,7,15H2,1H3,(H2,16,17). The number of ether oxygens (including phenoxy) is 2. The molecule has 0 bridgehead atoms. The van der Waals surface area contributed by atoms with Gasteiger partial charge in [0.25, 0.3) is 5.91 Å². The lowest BCUT2D eigenvalue weighted by Crippen LogP contribution is -2.29. The van der Waals surface area contributed by atoms with Gasteiger partial charge in [-0.25, -0.2) is 0 Å². The van der Waals surface area contributed by atoms with Crippen molar-refractivity contribution in [3.63, 3.8) is 0 Å². The molecule has 0 aliphatic heterocycles. The lowest BCUT2D eigenvalue weighted by molar-refractivity contribution is 0.0209. The zero-order chi connectivity index (χ0) is 13.8. The van der Waals surface area contributed by atoms with E-state index in [4.69, 9.17) is 20.9 Å².